The van der Waals surface area contributed by atoms with Crippen LogP contribution in [0, 0.1) is 11.2 Å². The summed E-state index contributed by atoms with van der Waals surface area (Å²) < 4.78 is 21.2. The van der Waals surface area contributed by atoms with Crippen molar-refractivity contribution >= 4 is 17.2 Å². The van der Waals surface area contributed by atoms with Gasteiger partial charge >= 0.3 is 0 Å². The maximum absolute atomic E-state index is 13.5. The summed E-state index contributed by atoms with van der Waals surface area (Å²) >= 11 is 0. The Morgan fingerprint density at radius 2 is 2.00 bits per heavy atom. The highest BCUT2D eigenvalue weighted by Gasteiger charge is 2.39. The molecule has 0 spiro atoms. The zero-order valence-corrected chi connectivity index (χ0v) is 18.9. The second-order valence-electron chi connectivity index (χ2n) is 9.15. The van der Waals surface area contributed by atoms with E-state index >= 15 is 0 Å². The number of carbonyl (C=O) groups excluding carboxylic acids is 1. The smallest absolute Gasteiger partial charge is 0.223 e. The predicted molar refractivity (Wildman–Crippen MR) is 128 cm³/mol. The Labute approximate surface area is 196 Å². The van der Waals surface area contributed by atoms with E-state index in [4.69, 9.17) is 21.2 Å². The third-order valence-corrected chi connectivity index (χ3v) is 6.71. The molecule has 1 saturated carbocycles. The summed E-state index contributed by atoms with van der Waals surface area (Å²) in [6, 6.07) is 13.4. The molecule has 1 aliphatic rings. The average Bonchev–Trinajstić information content (AvgIpc) is 3.21. The van der Waals surface area contributed by atoms with Gasteiger partial charge in [-0.15, -0.1) is 0 Å². The van der Waals surface area contributed by atoms with Crippen molar-refractivity contribution in [3.05, 3.63) is 72.6 Å². The SMILES string of the molecule is C[C@@]1(C(N)=O)CCC[C@H](c2nc(-c3ccc(Oc4cccc(F)c4)cc3)c3c(N)nccn23)C1. The lowest BCUT2D eigenvalue weighted by Gasteiger charge is -2.35. The molecule has 4 aromatic rings. The molecular weight excluding hydrogens is 433 g/mol. The fourth-order valence-electron chi connectivity index (χ4n) is 4.85. The second kappa shape index (κ2) is 8.44. The van der Waals surface area contributed by atoms with E-state index in [1.54, 1.807) is 18.3 Å². The molecule has 7 nitrogen and oxygen atoms in total. The zero-order valence-electron chi connectivity index (χ0n) is 18.9. The Kier molecular flexibility index (Phi) is 5.43. The van der Waals surface area contributed by atoms with Crippen LogP contribution in [0.25, 0.3) is 16.8 Å². The third-order valence-electron chi connectivity index (χ3n) is 6.71. The number of hydrogen-bond donors (Lipinski definition) is 2. The van der Waals surface area contributed by atoms with Gasteiger partial charge in [0.2, 0.25) is 5.91 Å². The molecule has 4 N–H and O–H groups in total. The van der Waals surface area contributed by atoms with E-state index in [-0.39, 0.29) is 17.6 Å². The van der Waals surface area contributed by atoms with E-state index in [1.807, 2.05) is 41.8 Å². The van der Waals surface area contributed by atoms with Crippen molar-refractivity contribution in [3.8, 4) is 22.8 Å². The quantitative estimate of drug-likeness (QED) is 0.434. The first-order chi connectivity index (χ1) is 16.3. The minimum Gasteiger partial charge on any atom is -0.457 e. The van der Waals surface area contributed by atoms with E-state index in [0.29, 0.717) is 29.4 Å². The molecule has 5 rings (SSSR count). The first-order valence-electron chi connectivity index (χ1n) is 11.3. The number of anilines is 1. The number of nitrogens with zero attached hydrogens (tertiary/aromatic N) is 3. The van der Waals surface area contributed by atoms with Gasteiger partial charge in [0, 0.05) is 35.4 Å². The normalized spacial score (nSPS) is 20.4. The fourth-order valence-corrected chi connectivity index (χ4v) is 4.85. The van der Waals surface area contributed by atoms with Crippen LogP contribution in [0.3, 0.4) is 0 Å². The highest BCUT2D eigenvalue weighted by molar-refractivity contribution is 5.85. The molecule has 0 unspecified atom stereocenters. The van der Waals surface area contributed by atoms with Crippen molar-refractivity contribution < 1.29 is 13.9 Å². The van der Waals surface area contributed by atoms with Gasteiger partial charge in [0.05, 0.1) is 0 Å². The van der Waals surface area contributed by atoms with Crippen LogP contribution >= 0.6 is 0 Å². The number of imidazole rings is 1. The molecule has 2 aromatic heterocycles. The van der Waals surface area contributed by atoms with Crippen LogP contribution < -0.4 is 16.2 Å². The molecular formula is C26H26FN5O2. The van der Waals surface area contributed by atoms with Crippen LogP contribution in [0.1, 0.15) is 44.3 Å². The van der Waals surface area contributed by atoms with Crippen molar-refractivity contribution in [2.75, 3.05) is 5.73 Å². The standard InChI is InChI=1S/C26H26FN5O2/c1-26(25(29)33)11-3-4-17(15-26)24-31-21(22-23(28)30-12-13-32(22)24)16-7-9-19(10-8-16)34-20-6-2-5-18(27)14-20/h2,5-10,12-14,17H,3-4,11,15H2,1H3,(H2,28,30)(H2,29,33)/t17-,26+/m0/s1. The number of nitrogen functional groups attached to an aromatic ring is 1. The number of nitrogens with two attached hydrogens (primary N) is 2. The van der Waals surface area contributed by atoms with Crippen LogP contribution in [0.4, 0.5) is 10.2 Å². The van der Waals surface area contributed by atoms with Crippen LogP contribution in [0.15, 0.2) is 60.9 Å². The van der Waals surface area contributed by atoms with Gasteiger partial charge in [-0.25, -0.2) is 14.4 Å². The monoisotopic (exact) mass is 459 g/mol. The molecule has 0 aliphatic heterocycles. The maximum atomic E-state index is 13.5. The number of halogens is 1. The number of aromatic nitrogens is 3. The first kappa shape index (κ1) is 21.9. The largest absolute Gasteiger partial charge is 0.457 e. The Hall–Kier alpha value is -3.94. The van der Waals surface area contributed by atoms with Crippen molar-refractivity contribution in [3.63, 3.8) is 0 Å². The number of amides is 1. The van der Waals surface area contributed by atoms with Crippen LogP contribution in [-0.4, -0.2) is 20.3 Å². The molecule has 2 atom stereocenters. The Balaban J connectivity index is 1.51. The van der Waals surface area contributed by atoms with Crippen molar-refractivity contribution in [1.29, 1.82) is 0 Å². The van der Waals surface area contributed by atoms with Gasteiger partial charge in [0.1, 0.15) is 40.2 Å². The van der Waals surface area contributed by atoms with E-state index in [0.717, 1.165) is 36.2 Å². The van der Waals surface area contributed by atoms with Crippen molar-refractivity contribution in [2.24, 2.45) is 11.1 Å². The molecule has 174 valence electrons. The van der Waals surface area contributed by atoms with E-state index in [9.17, 15) is 9.18 Å². The summed E-state index contributed by atoms with van der Waals surface area (Å²) in [6.07, 6.45) is 6.76. The number of carbonyl (C=O) groups is 1. The Morgan fingerprint density at radius 1 is 1.21 bits per heavy atom. The third kappa shape index (κ3) is 3.96. The number of rotatable bonds is 5. The highest BCUT2D eigenvalue weighted by atomic mass is 19.1. The maximum Gasteiger partial charge on any atom is 0.223 e. The molecule has 1 amide bonds. The summed E-state index contributed by atoms with van der Waals surface area (Å²) in [6.45, 7) is 1.94. The predicted octanol–water partition coefficient (Wildman–Crippen LogP) is 5.06. The van der Waals surface area contributed by atoms with Crippen LogP contribution in [0.5, 0.6) is 11.5 Å². The lowest BCUT2D eigenvalue weighted by molar-refractivity contribution is -0.128. The summed E-state index contributed by atoms with van der Waals surface area (Å²) in [5.74, 6) is 1.68. The second-order valence-corrected chi connectivity index (χ2v) is 9.15. The summed E-state index contributed by atoms with van der Waals surface area (Å²) in [5.41, 5.74) is 13.7. The van der Waals surface area contributed by atoms with Gasteiger partial charge in [-0.05, 0) is 55.7 Å². The van der Waals surface area contributed by atoms with E-state index < -0.39 is 5.41 Å². The van der Waals surface area contributed by atoms with Gasteiger partial charge in [0.15, 0.2) is 0 Å². The number of ether oxygens (including phenoxy) is 1. The molecule has 1 fully saturated rings. The topological polar surface area (TPSA) is 109 Å². The molecule has 2 aromatic carbocycles. The van der Waals surface area contributed by atoms with E-state index in [2.05, 4.69) is 4.98 Å². The molecule has 8 heteroatoms. The number of fused-ring (bicyclic) bond motifs is 1. The number of benzene rings is 2. The van der Waals surface area contributed by atoms with Gasteiger partial charge in [-0.1, -0.05) is 19.4 Å². The van der Waals surface area contributed by atoms with Crippen LogP contribution in [0.2, 0.25) is 0 Å². The minimum absolute atomic E-state index is 0.0740. The molecule has 2 heterocycles. The summed E-state index contributed by atoms with van der Waals surface area (Å²) in [5, 5.41) is 0. The van der Waals surface area contributed by atoms with Crippen molar-refractivity contribution in [2.45, 2.75) is 38.5 Å². The van der Waals surface area contributed by atoms with Gasteiger partial charge in [-0.3, -0.25) is 9.20 Å². The minimum atomic E-state index is -0.552. The van der Waals surface area contributed by atoms with Gasteiger partial charge in [-0.2, -0.15) is 0 Å². The summed E-state index contributed by atoms with van der Waals surface area (Å²) in [7, 11) is 0. The molecule has 0 bridgehead atoms. The molecule has 34 heavy (non-hydrogen) atoms. The van der Waals surface area contributed by atoms with Crippen LogP contribution in [-0.2, 0) is 4.79 Å². The lowest BCUT2D eigenvalue weighted by atomic mass is 9.70. The molecule has 0 radical (unpaired) electrons. The van der Waals surface area contributed by atoms with Crippen molar-refractivity contribution in [1.82, 2.24) is 14.4 Å². The first-order valence-corrected chi connectivity index (χ1v) is 11.3. The zero-order chi connectivity index (χ0) is 23.9. The van der Waals surface area contributed by atoms with Gasteiger partial charge in [0.25, 0.3) is 0 Å². The molecule has 1 aliphatic carbocycles. The lowest BCUT2D eigenvalue weighted by Crippen LogP contribution is -2.38. The summed E-state index contributed by atoms with van der Waals surface area (Å²) in [4.78, 5) is 21.4. The highest BCUT2D eigenvalue weighted by Crippen LogP contribution is 2.44. The Morgan fingerprint density at radius 3 is 2.74 bits per heavy atom. The number of hydrogen-bond acceptors (Lipinski definition) is 5. The molecule has 0 saturated heterocycles. The fraction of sp³-hybridized carbons (Fsp3) is 0.269. The van der Waals surface area contributed by atoms with Gasteiger partial charge < -0.3 is 16.2 Å². The average molecular weight is 460 g/mol. The number of primary amides is 1. The van der Waals surface area contributed by atoms with E-state index in [1.165, 1.54) is 12.1 Å². The Bertz CT molecular complexity index is 1370.